The van der Waals surface area contributed by atoms with Crippen LogP contribution in [0.2, 0.25) is 20.1 Å². The fraction of sp³-hybridized carbons (Fsp3) is 0.471. The number of alkyl halides is 8. The quantitative estimate of drug-likeness (QED) is 0.0344. The first-order valence-electron chi connectivity index (χ1n) is 34.5. The van der Waals surface area contributed by atoms with E-state index < -0.39 is 142 Å². The van der Waals surface area contributed by atoms with Crippen LogP contribution >= 0.6 is 46.4 Å². The summed E-state index contributed by atoms with van der Waals surface area (Å²) >= 11 is 23.0. The molecule has 4 saturated heterocycles. The van der Waals surface area contributed by atoms with Gasteiger partial charge in [-0.3, -0.25) is 49.2 Å². The fourth-order valence-corrected chi connectivity index (χ4v) is 14.4. The Morgan fingerprint density at radius 3 is 0.973 bits per heavy atom. The van der Waals surface area contributed by atoms with Crippen LogP contribution in [0.25, 0.3) is 43.6 Å². The largest absolute Gasteiger partial charge is 0.375 e. The molecule has 6 amide bonds. The molecular weight excluding hydrogens is 1560 g/mol. The number of aromatic nitrogens is 8. The van der Waals surface area contributed by atoms with E-state index in [9.17, 15) is 82.3 Å². The number of amides is 6. The van der Waals surface area contributed by atoms with E-state index in [-0.39, 0.29) is 178 Å². The number of ether oxygens (including phenoxy) is 1. The van der Waals surface area contributed by atoms with Gasteiger partial charge in [-0.2, -0.15) is 60.8 Å². The number of carbonyl (C=O) groups is 8. The number of nitrogens with zero attached hydrogens (tertiary/aromatic N) is 9. The Kier molecular flexibility index (Phi) is 26.1. The molecule has 0 radical (unpaired) electrons. The zero-order valence-electron chi connectivity index (χ0n) is 58.3. The third-order valence-electron chi connectivity index (χ3n) is 20.0. The molecule has 4 aromatic carbocycles. The van der Waals surface area contributed by atoms with Crippen LogP contribution in [-0.4, -0.2) is 210 Å². The van der Waals surface area contributed by atoms with Crippen LogP contribution in [0, 0.1) is 64.2 Å². The number of fused-ring (bicyclic) bond motifs is 4. The highest BCUT2D eigenvalue weighted by Gasteiger charge is 2.54. The number of carbonyl (C=O) groups excluding carboxylic acids is 8. The Morgan fingerprint density at radius 1 is 0.455 bits per heavy atom. The average Bonchev–Trinajstić information content (AvgIpc) is 1.25. The van der Waals surface area contributed by atoms with Crippen LogP contribution in [-0.2, 0) is 14.3 Å². The lowest BCUT2D eigenvalue weighted by atomic mass is 9.85. The van der Waals surface area contributed by atoms with Gasteiger partial charge in [0.2, 0.25) is 34.9 Å². The van der Waals surface area contributed by atoms with Crippen LogP contribution in [0.5, 0.6) is 0 Å². The normalized spacial score (nSPS) is 16.6. The number of nitrogens with one attached hydrogen (secondary N) is 6. The van der Waals surface area contributed by atoms with Crippen molar-refractivity contribution >= 4 is 137 Å². The molecule has 8 aromatic rings. The smallest absolute Gasteiger partial charge is 0.317 e. The van der Waals surface area contributed by atoms with Crippen LogP contribution in [0.3, 0.4) is 0 Å². The van der Waals surface area contributed by atoms with Crippen LogP contribution in [0.1, 0.15) is 119 Å². The number of Topliss-reactive ketones (excluding diaryl/α,β-unsaturated/α-hetero) is 4. The number of benzene rings is 4. The second kappa shape index (κ2) is 34.5. The number of likely N-dealkylation sites (tertiary alicyclic amines) is 4. The minimum atomic E-state index is -3.84. The molecule has 4 aliphatic heterocycles. The van der Waals surface area contributed by atoms with Gasteiger partial charge < -0.3 is 35.0 Å². The Hall–Kier alpha value is -9.31. The second-order valence-electron chi connectivity index (χ2n) is 26.9. The summed E-state index contributed by atoms with van der Waals surface area (Å²) in [6.45, 7) is 3.23. The highest BCUT2D eigenvalue weighted by atomic mass is 35.5. The molecule has 8 heterocycles. The van der Waals surface area contributed by atoms with Crippen molar-refractivity contribution in [2.24, 2.45) is 29.6 Å². The fourth-order valence-electron chi connectivity index (χ4n) is 13.6. The Balaban J connectivity index is 0.000000156. The van der Waals surface area contributed by atoms with Crippen molar-refractivity contribution in [1.82, 2.24) is 71.0 Å². The Morgan fingerprint density at radius 2 is 0.718 bits per heavy atom. The summed E-state index contributed by atoms with van der Waals surface area (Å²) in [5, 5.41) is 37.5. The maximum atomic E-state index is 15.0. The van der Waals surface area contributed by atoms with Gasteiger partial charge in [0.15, 0.2) is 23.3 Å². The highest BCUT2D eigenvalue weighted by molar-refractivity contribution is 6.34. The number of aromatic amines is 4. The van der Waals surface area contributed by atoms with Gasteiger partial charge in [-0.15, -0.1) is 0 Å². The van der Waals surface area contributed by atoms with Crippen molar-refractivity contribution in [2.45, 2.75) is 101 Å². The molecule has 13 rings (SSSR count). The van der Waals surface area contributed by atoms with Crippen molar-refractivity contribution in [3.8, 4) is 6.07 Å². The van der Waals surface area contributed by atoms with Gasteiger partial charge in [0.05, 0.1) is 95.3 Å². The SMILES string of the molecule is CCNC(=O)N1CCC(C(F)(F)C(=O)c2c(F)c(Cl)cc3cn[nH]c23)CC1.COCC(=O)N1CCC(C(F)(F)C(=O)c2c(F)c(Cl)cc3cn[nH]c23)CC1.N#CCC(=O)N1CCC(C(F)(F)C(=O)c2c(F)c(Cl)cc3cn[nH]c23)CC1.O=C(NCC1CC1)N1CCC(C(F)(F)C(=O)c2c(F)c(Cl)cc3cn[nH]c23)CC1. The van der Waals surface area contributed by atoms with E-state index in [2.05, 4.69) is 51.4 Å². The summed E-state index contributed by atoms with van der Waals surface area (Å²) in [5.41, 5.74) is -3.64. The summed E-state index contributed by atoms with van der Waals surface area (Å²) in [7, 11) is 1.37. The first kappa shape index (κ1) is 83.2. The van der Waals surface area contributed by atoms with Gasteiger partial charge in [0.1, 0.15) is 13.0 Å². The van der Waals surface area contributed by atoms with E-state index in [0.717, 1.165) is 12.8 Å². The monoisotopic (exact) mass is 1630 g/mol. The predicted octanol–water partition coefficient (Wildman–Crippen LogP) is 14.0. The van der Waals surface area contributed by atoms with E-state index in [1.807, 2.05) is 0 Å². The van der Waals surface area contributed by atoms with E-state index >= 15 is 8.78 Å². The zero-order valence-corrected chi connectivity index (χ0v) is 61.3. The third kappa shape index (κ3) is 17.5. The van der Waals surface area contributed by atoms with Crippen LogP contribution in [0.15, 0.2) is 49.1 Å². The average molecular weight is 1630 g/mol. The molecule has 5 fully saturated rings. The lowest BCUT2D eigenvalue weighted by Crippen LogP contribution is -2.49. The number of ketones is 4. The molecule has 6 N–H and O–H groups in total. The maximum Gasteiger partial charge on any atom is 0.317 e. The van der Waals surface area contributed by atoms with E-state index in [0.29, 0.717) is 19.0 Å². The predicted molar refractivity (Wildman–Crippen MR) is 376 cm³/mol. The topological polar surface area (TPSA) is 321 Å². The Bertz CT molecular complexity index is 4700. The lowest BCUT2D eigenvalue weighted by molar-refractivity contribution is -0.138. The highest BCUT2D eigenvalue weighted by Crippen LogP contribution is 2.45. The summed E-state index contributed by atoms with van der Waals surface area (Å²) in [5.74, 6) is -32.1. The molecule has 0 bridgehead atoms. The van der Waals surface area contributed by atoms with E-state index in [1.165, 1.54) is 75.8 Å². The molecule has 110 heavy (non-hydrogen) atoms. The standard InChI is InChI=1S/C19H20ClF3N4O2.C17H14ClF3N4O2.C17H18ClF3N4O2.C17H17ClF3N3O3/c20-13-7-11-9-25-26-16(11)14(15(13)21)17(28)19(22,23)12-3-5-27(6-4-12)18(29)24-8-10-1-2-10;18-11-7-9-8-23-24-15(9)13(14(11)19)16(27)17(20,21)10-2-5-25(6-3-10)12(26)1-4-22;1-2-22-16(27)25-5-3-10(4-6-25)17(20,21)15(26)12-13(19)11(18)7-9-8-23-24-14(9)12;1-27-8-12(25)24-4-2-10(3-5-24)17(20,21)16(26)13-14(19)11(18)6-9-7-22-23-15(9)13/h7,9-10,12H,1-6,8H2,(H,24,29)(H,25,26);7-8,10H,1-3,5-6H2,(H,23,24);7-8,10H,2-6H2,1H3,(H,22,27)(H,23,24);6-7,10H,2-5,8H2,1H3,(H,22,23). The Labute approximate surface area is 636 Å². The van der Waals surface area contributed by atoms with Gasteiger partial charge in [-0.25, -0.2) is 27.2 Å². The van der Waals surface area contributed by atoms with Gasteiger partial charge >= 0.3 is 35.8 Å². The molecule has 5 aliphatic rings. The molecule has 0 atom stereocenters. The molecule has 40 heteroatoms. The van der Waals surface area contributed by atoms with Gasteiger partial charge in [0.25, 0.3) is 0 Å². The minimum Gasteiger partial charge on any atom is -0.375 e. The maximum absolute atomic E-state index is 15.0. The minimum absolute atomic E-state index is 0.00550. The van der Waals surface area contributed by atoms with Crippen molar-refractivity contribution in [3.63, 3.8) is 0 Å². The molecule has 1 aliphatic carbocycles. The van der Waals surface area contributed by atoms with E-state index in [4.69, 9.17) is 56.4 Å². The van der Waals surface area contributed by atoms with Crippen LogP contribution in [0.4, 0.5) is 62.3 Å². The van der Waals surface area contributed by atoms with Gasteiger partial charge in [0, 0.05) is 118 Å². The number of hydrogen-bond donors (Lipinski definition) is 6. The van der Waals surface area contributed by atoms with Gasteiger partial charge in [-0.1, -0.05) is 46.4 Å². The van der Waals surface area contributed by atoms with Crippen molar-refractivity contribution in [2.75, 3.05) is 79.2 Å². The number of hydrogen-bond acceptors (Lipinski definition) is 14. The summed E-state index contributed by atoms with van der Waals surface area (Å²) in [4.78, 5) is 103. The summed E-state index contributed by atoms with van der Waals surface area (Å²) in [6.07, 6.45) is 6.30. The number of methoxy groups -OCH3 is 1. The number of piperidine rings is 4. The van der Waals surface area contributed by atoms with Crippen molar-refractivity contribution in [1.29, 1.82) is 5.26 Å². The third-order valence-corrected chi connectivity index (χ3v) is 21.1. The molecule has 0 unspecified atom stereocenters. The molecule has 0 spiro atoms. The number of halogens is 16. The first-order valence-corrected chi connectivity index (χ1v) is 36.0. The van der Waals surface area contributed by atoms with Crippen molar-refractivity contribution in [3.05, 3.63) is 115 Å². The van der Waals surface area contributed by atoms with Crippen LogP contribution < -0.4 is 10.6 Å². The zero-order chi connectivity index (χ0) is 80.1. The molecule has 590 valence electrons. The molecule has 1 saturated carbocycles. The molecule has 24 nitrogen and oxygen atoms in total. The number of urea groups is 2. The first-order chi connectivity index (χ1) is 52.1. The number of nitriles is 1. The number of H-pyrrole nitrogens is 4. The van der Waals surface area contributed by atoms with Gasteiger partial charge in [-0.05, 0) is 101 Å². The number of rotatable bonds is 18. The molecular formula is C70H69Cl4F12N15O9. The van der Waals surface area contributed by atoms with Crippen molar-refractivity contribution < 1.29 is 95.8 Å². The summed E-state index contributed by atoms with van der Waals surface area (Å²) in [6, 6.07) is 5.97. The summed E-state index contributed by atoms with van der Waals surface area (Å²) < 4.78 is 182. The second-order valence-corrected chi connectivity index (χ2v) is 28.5. The molecule has 4 aromatic heterocycles. The van der Waals surface area contributed by atoms with E-state index in [1.54, 1.807) is 13.0 Å². The lowest BCUT2D eigenvalue weighted by Gasteiger charge is -2.35.